The molecule has 0 bridgehead atoms. The fourth-order valence-corrected chi connectivity index (χ4v) is 6.73. The molecule has 300 valence electrons. The summed E-state index contributed by atoms with van der Waals surface area (Å²) >= 11 is 8.69. The number of hydrogen-bond acceptors (Lipinski definition) is 8. The van der Waals surface area contributed by atoms with E-state index in [0.29, 0.717) is 31.3 Å². The van der Waals surface area contributed by atoms with E-state index in [9.17, 15) is 5.11 Å². The van der Waals surface area contributed by atoms with Gasteiger partial charge in [-0.05, 0) is 75.9 Å². The normalized spacial score (nSPS) is 18.9. The smallest absolute Gasteiger partial charge is 0.122 e. The highest BCUT2D eigenvalue weighted by atomic mass is 35.5. The Labute approximate surface area is 342 Å². The molecule has 1 fully saturated rings. The van der Waals surface area contributed by atoms with Gasteiger partial charge >= 0.3 is 0 Å². The van der Waals surface area contributed by atoms with Crippen LogP contribution < -0.4 is 4.74 Å². The summed E-state index contributed by atoms with van der Waals surface area (Å²) in [5.41, 5.74) is 7.21. The Balaban J connectivity index is 0.00000109. The third-order valence-electron chi connectivity index (χ3n) is 9.48. The second-order valence-corrected chi connectivity index (χ2v) is 14.7. The van der Waals surface area contributed by atoms with E-state index < -0.39 is 30.5 Å². The molecule has 1 saturated heterocycles. The Kier molecular flexibility index (Phi) is 20.0. The first kappa shape index (κ1) is 45.0. The van der Waals surface area contributed by atoms with Crippen molar-refractivity contribution in [1.29, 1.82) is 0 Å². The van der Waals surface area contributed by atoms with E-state index in [0.717, 1.165) is 58.2 Å². The van der Waals surface area contributed by atoms with Gasteiger partial charge < -0.3 is 33.9 Å². The molecule has 1 aliphatic rings. The van der Waals surface area contributed by atoms with E-state index >= 15 is 0 Å². The molecule has 0 aromatic heterocycles. The van der Waals surface area contributed by atoms with Crippen LogP contribution >= 0.6 is 23.4 Å². The average molecular weight is 801 g/mol. The zero-order chi connectivity index (χ0) is 40.1. The summed E-state index contributed by atoms with van der Waals surface area (Å²) in [5.74, 6) is 2.12. The molecular weight excluding hydrogens is 744 g/mol. The van der Waals surface area contributed by atoms with Crippen molar-refractivity contribution < 1.29 is 33.9 Å². The van der Waals surface area contributed by atoms with Crippen LogP contribution in [0.4, 0.5) is 0 Å². The number of aliphatic hydroxyl groups is 2. The van der Waals surface area contributed by atoms with Crippen LogP contribution in [-0.2, 0) is 51.6 Å². The van der Waals surface area contributed by atoms with Crippen LogP contribution in [0.1, 0.15) is 58.9 Å². The number of aliphatic hydroxyl groups excluding tert-OH is 2. The number of rotatable bonds is 16. The molecule has 3 unspecified atom stereocenters. The lowest BCUT2D eigenvalue weighted by Crippen LogP contribution is -2.58. The predicted molar refractivity (Wildman–Crippen MR) is 229 cm³/mol. The van der Waals surface area contributed by atoms with E-state index in [2.05, 4.69) is 38.3 Å². The van der Waals surface area contributed by atoms with Crippen molar-refractivity contribution >= 4 is 23.4 Å². The first-order valence-corrected chi connectivity index (χ1v) is 20.9. The van der Waals surface area contributed by atoms with Crippen LogP contribution in [0.5, 0.6) is 5.75 Å². The van der Waals surface area contributed by atoms with E-state index in [1.165, 1.54) is 5.75 Å². The number of halogens is 1. The molecule has 56 heavy (non-hydrogen) atoms. The van der Waals surface area contributed by atoms with Crippen molar-refractivity contribution in [3.63, 3.8) is 0 Å². The van der Waals surface area contributed by atoms with Crippen molar-refractivity contribution in [2.24, 2.45) is 0 Å². The third-order valence-corrected chi connectivity index (χ3v) is 10.4. The number of methoxy groups -OCH3 is 1. The summed E-state index contributed by atoms with van der Waals surface area (Å²) in [6.07, 6.45) is 0.573. The molecule has 5 aromatic carbocycles. The largest absolute Gasteiger partial charge is 0.496 e. The Morgan fingerprint density at radius 1 is 0.643 bits per heavy atom. The Bertz CT molecular complexity index is 1810. The van der Waals surface area contributed by atoms with Crippen LogP contribution in [0.3, 0.4) is 0 Å². The maximum atomic E-state index is 10.8. The SMILES string of the molecule is CCSC.CCc1cc(Cc2cc(C3OC(CO)[C@@H](OCc4ccccc4)C(OCc4ccccc4)[C@H]3OCc3ccccc3)ccc2Cl)ccc1OC.CO. The second kappa shape index (κ2) is 24.8. The van der Waals surface area contributed by atoms with Gasteiger partial charge in [0.2, 0.25) is 0 Å². The summed E-state index contributed by atoms with van der Waals surface area (Å²) < 4.78 is 32.5. The van der Waals surface area contributed by atoms with Gasteiger partial charge in [-0.15, -0.1) is 0 Å². The van der Waals surface area contributed by atoms with E-state index in [4.69, 9.17) is 40.4 Å². The fraction of sp³-hybridized carbons (Fsp3) is 0.362. The molecule has 0 saturated carbocycles. The highest BCUT2D eigenvalue weighted by molar-refractivity contribution is 7.98. The molecule has 2 N–H and O–H groups in total. The van der Waals surface area contributed by atoms with Crippen LogP contribution in [0.2, 0.25) is 5.02 Å². The van der Waals surface area contributed by atoms with Crippen molar-refractivity contribution in [2.75, 3.05) is 32.8 Å². The van der Waals surface area contributed by atoms with Crippen LogP contribution in [0.25, 0.3) is 0 Å². The van der Waals surface area contributed by atoms with Gasteiger partial charge in [-0.25, -0.2) is 0 Å². The summed E-state index contributed by atoms with van der Waals surface area (Å²) in [6, 6.07) is 42.4. The Morgan fingerprint density at radius 3 is 1.64 bits per heavy atom. The van der Waals surface area contributed by atoms with Crippen LogP contribution in [0.15, 0.2) is 127 Å². The van der Waals surface area contributed by atoms with Gasteiger partial charge in [-0.3, -0.25) is 0 Å². The monoisotopic (exact) mass is 800 g/mol. The second-order valence-electron chi connectivity index (χ2n) is 13.2. The molecule has 0 aliphatic carbocycles. The molecule has 0 radical (unpaired) electrons. The minimum atomic E-state index is -0.672. The van der Waals surface area contributed by atoms with Crippen molar-refractivity contribution in [3.8, 4) is 5.75 Å². The van der Waals surface area contributed by atoms with Gasteiger partial charge in [0.25, 0.3) is 0 Å². The molecule has 1 heterocycles. The van der Waals surface area contributed by atoms with Gasteiger partial charge in [0.15, 0.2) is 0 Å². The van der Waals surface area contributed by atoms with Gasteiger partial charge in [0.05, 0.1) is 33.5 Å². The zero-order valence-corrected chi connectivity index (χ0v) is 34.8. The van der Waals surface area contributed by atoms with Crippen molar-refractivity contribution in [2.45, 2.75) is 77.0 Å². The number of ether oxygens (including phenoxy) is 5. The molecule has 1 aliphatic heterocycles. The molecule has 5 atom stereocenters. The third kappa shape index (κ3) is 13.2. The number of aryl methyl sites for hydroxylation is 1. The number of hydrogen-bond donors (Lipinski definition) is 2. The minimum Gasteiger partial charge on any atom is -0.496 e. The Morgan fingerprint density at radius 2 is 1.16 bits per heavy atom. The molecule has 0 amide bonds. The minimum absolute atomic E-state index is 0.251. The van der Waals surface area contributed by atoms with Gasteiger partial charge in [0.1, 0.15) is 36.3 Å². The summed E-state index contributed by atoms with van der Waals surface area (Å²) in [6.45, 7) is 5.03. The first-order valence-electron chi connectivity index (χ1n) is 19.1. The van der Waals surface area contributed by atoms with Crippen molar-refractivity contribution in [1.82, 2.24) is 0 Å². The van der Waals surface area contributed by atoms with Gasteiger partial charge in [0, 0.05) is 12.1 Å². The number of thioether (sulfide) groups is 1. The van der Waals surface area contributed by atoms with Crippen LogP contribution in [-0.4, -0.2) is 67.5 Å². The van der Waals surface area contributed by atoms with E-state index in [1.54, 1.807) is 7.11 Å². The maximum absolute atomic E-state index is 10.8. The molecule has 6 rings (SSSR count). The lowest BCUT2D eigenvalue weighted by molar-refractivity contribution is -0.272. The zero-order valence-electron chi connectivity index (χ0n) is 33.2. The van der Waals surface area contributed by atoms with Crippen molar-refractivity contribution in [3.05, 3.63) is 171 Å². The Hall–Kier alpha value is -3.70. The quantitative estimate of drug-likeness (QED) is 0.102. The molecule has 0 spiro atoms. The van der Waals surface area contributed by atoms with Crippen LogP contribution in [0, 0.1) is 0 Å². The molecular formula is C47H57ClO7S. The average Bonchev–Trinajstić information content (AvgIpc) is 3.26. The van der Waals surface area contributed by atoms with E-state index in [-0.39, 0.29) is 6.61 Å². The predicted octanol–water partition coefficient (Wildman–Crippen LogP) is 9.67. The highest BCUT2D eigenvalue weighted by Crippen LogP contribution is 2.39. The van der Waals surface area contributed by atoms with Gasteiger partial charge in [-0.1, -0.05) is 141 Å². The summed E-state index contributed by atoms with van der Waals surface area (Å²) in [7, 11) is 2.70. The number of benzene rings is 5. The maximum Gasteiger partial charge on any atom is 0.122 e. The fourth-order valence-electron chi connectivity index (χ4n) is 6.55. The highest BCUT2D eigenvalue weighted by Gasteiger charge is 2.48. The molecule has 9 heteroatoms. The topological polar surface area (TPSA) is 86.6 Å². The lowest BCUT2D eigenvalue weighted by Gasteiger charge is -2.46. The lowest BCUT2D eigenvalue weighted by atomic mass is 9.89. The van der Waals surface area contributed by atoms with E-state index in [1.807, 2.05) is 121 Å². The molecule has 7 nitrogen and oxygen atoms in total. The standard InChI is InChI=1S/C43H45ClO6.C3H8S.CH4O/c1-3-34-23-33(19-22-38(34)46-2)24-36-25-35(20-21-37(36)44)40-42(48-28-31-15-9-5-10-16-31)43(49-29-32-17-11-6-12-18-32)41(39(26-45)50-40)47-27-30-13-7-4-8-14-30;1-3-4-2;1-2/h4-23,25,39-43,45H,3,24,26-29H2,1-2H3;3H2,1-2H3;2H,1H3/t39?,40?,41-,42+,43?;;/m1../s1. The van der Waals surface area contributed by atoms with Gasteiger partial charge in [-0.2, -0.15) is 11.8 Å². The molecule has 5 aromatic rings. The first-order chi connectivity index (χ1) is 27.5. The summed E-state index contributed by atoms with van der Waals surface area (Å²) in [4.78, 5) is 0. The summed E-state index contributed by atoms with van der Waals surface area (Å²) in [5, 5.41) is 18.4.